The largest absolute Gasteiger partial charge is 1.00 e. The first-order valence-electron chi connectivity index (χ1n) is 14.7. The van der Waals surface area contributed by atoms with Gasteiger partial charge in [0.05, 0.1) is 41.9 Å². The maximum Gasteiger partial charge on any atom is 1.00 e. The Bertz CT molecular complexity index is 2200. The molecule has 0 spiro atoms. The molecule has 0 bridgehead atoms. The third kappa shape index (κ3) is 7.32. The monoisotopic (exact) mass is 632 g/mol. The van der Waals surface area contributed by atoms with Crippen LogP contribution in [0.5, 0.6) is 0 Å². The van der Waals surface area contributed by atoms with Crippen LogP contribution < -0.4 is 24.0 Å². The molecule has 0 amide bonds. The molecule has 2 aromatic heterocycles. The first-order valence-corrected chi connectivity index (χ1v) is 14.7. The first kappa shape index (κ1) is 35.2. The fraction of sp³-hybridized carbons (Fsp3) is 0.189. The fourth-order valence-electron chi connectivity index (χ4n) is 4.97. The number of esters is 1. The van der Waals surface area contributed by atoms with E-state index in [0.717, 1.165) is 16.7 Å². The van der Waals surface area contributed by atoms with Crippen LogP contribution >= 0.6 is 0 Å². The van der Waals surface area contributed by atoms with Crippen LogP contribution in [0.15, 0.2) is 81.6 Å². The van der Waals surface area contributed by atoms with Gasteiger partial charge in [0.25, 0.3) is 0 Å². The second-order valence-corrected chi connectivity index (χ2v) is 11.3. The number of carboxylic acids is 1. The number of hydrogen-bond acceptors (Lipinski definition) is 10. The molecule has 11 heteroatoms. The second kappa shape index (κ2) is 14.8. The van der Waals surface area contributed by atoms with Crippen LogP contribution in [-0.2, 0) is 4.74 Å². The van der Waals surface area contributed by atoms with Crippen molar-refractivity contribution >= 4 is 34.1 Å². The summed E-state index contributed by atoms with van der Waals surface area (Å²) in [5, 5.41) is 29.1. The maximum atomic E-state index is 11.5. The number of hydrogen-bond donors (Lipinski definition) is 0. The fourth-order valence-corrected chi connectivity index (χ4v) is 4.97. The maximum absolute atomic E-state index is 11.5. The Kier molecular flexibility index (Phi) is 10.9. The zero-order valence-corrected chi connectivity index (χ0v) is 27.3. The smallest absolute Gasteiger partial charge is 0.545 e. The average Bonchev–Trinajstić information content (AvgIpc) is 3.72. The number of nitriles is 2. The Morgan fingerprint density at radius 1 is 0.708 bits per heavy atom. The summed E-state index contributed by atoms with van der Waals surface area (Å²) in [6.07, 6.45) is 0. The molecule has 0 aliphatic rings. The van der Waals surface area contributed by atoms with Gasteiger partial charge in [0.2, 0.25) is 11.8 Å². The number of carboxylic acid groups (broad SMARTS) is 1. The van der Waals surface area contributed by atoms with Gasteiger partial charge in [-0.3, -0.25) is 0 Å². The number of benzene rings is 4. The minimum atomic E-state index is -1.23. The van der Waals surface area contributed by atoms with E-state index in [1.807, 2.05) is 33.8 Å². The number of fused-ring (bicyclic) bond motifs is 2. The van der Waals surface area contributed by atoms with Crippen molar-refractivity contribution in [3.63, 3.8) is 0 Å². The number of oxazole rings is 2. The SMILES string of the molecule is CC(C)c1cc(C#N)cc2nc(-c3ccc(C(=O)[O-])cc3)oc12.COC(=O)c1ccc(-c2nc3cc(C#N)cc(C(C)C)c3o2)cc1.[Li+]. The van der Waals surface area contributed by atoms with Crippen molar-refractivity contribution < 1.29 is 47.1 Å². The third-order valence-electron chi connectivity index (χ3n) is 7.46. The van der Waals surface area contributed by atoms with Crippen LogP contribution in [0.3, 0.4) is 0 Å². The summed E-state index contributed by atoms with van der Waals surface area (Å²) >= 11 is 0. The molecule has 10 nitrogen and oxygen atoms in total. The van der Waals surface area contributed by atoms with E-state index in [1.54, 1.807) is 54.6 Å². The van der Waals surface area contributed by atoms with Gasteiger partial charge in [-0.25, -0.2) is 14.8 Å². The number of ether oxygens (including phenoxy) is 1. The number of nitrogens with zero attached hydrogens (tertiary/aromatic N) is 4. The molecule has 0 saturated carbocycles. The number of rotatable bonds is 6. The summed E-state index contributed by atoms with van der Waals surface area (Å²) in [5.74, 6) is -0.370. The third-order valence-corrected chi connectivity index (χ3v) is 7.46. The first-order chi connectivity index (χ1) is 22.5. The van der Waals surface area contributed by atoms with Crippen LogP contribution in [0.25, 0.3) is 45.1 Å². The van der Waals surface area contributed by atoms with Crippen molar-refractivity contribution in [2.75, 3.05) is 7.11 Å². The van der Waals surface area contributed by atoms with E-state index in [4.69, 9.17) is 14.1 Å². The summed E-state index contributed by atoms with van der Waals surface area (Å²) in [5.41, 5.74) is 7.57. The molecule has 0 atom stereocenters. The molecule has 0 radical (unpaired) electrons. The second-order valence-electron chi connectivity index (χ2n) is 11.3. The van der Waals surface area contributed by atoms with Crippen LogP contribution in [0, 0.1) is 22.7 Å². The molecule has 234 valence electrons. The van der Waals surface area contributed by atoms with Gasteiger partial charge in [-0.1, -0.05) is 39.8 Å². The molecule has 6 aromatic rings. The van der Waals surface area contributed by atoms with Gasteiger partial charge < -0.3 is 23.5 Å². The number of aromatic carboxylic acids is 1. The number of carbonyl (C=O) groups is 2. The van der Waals surface area contributed by atoms with Crippen LogP contribution in [0.2, 0.25) is 0 Å². The van der Waals surface area contributed by atoms with E-state index >= 15 is 0 Å². The molecule has 0 saturated heterocycles. The average molecular weight is 633 g/mol. The van der Waals surface area contributed by atoms with Crippen LogP contribution in [-0.4, -0.2) is 29.0 Å². The number of methoxy groups -OCH3 is 1. The van der Waals surface area contributed by atoms with Crippen molar-refractivity contribution in [2.24, 2.45) is 0 Å². The minimum Gasteiger partial charge on any atom is -0.545 e. The Hall–Kier alpha value is -5.66. The molecule has 0 fully saturated rings. The summed E-state index contributed by atoms with van der Waals surface area (Å²) in [6, 6.07) is 24.3. The number of carbonyl (C=O) groups excluding carboxylic acids is 2. The van der Waals surface area contributed by atoms with Crippen molar-refractivity contribution in [3.8, 4) is 35.0 Å². The van der Waals surface area contributed by atoms with Gasteiger partial charge in [0.15, 0.2) is 11.2 Å². The Morgan fingerprint density at radius 2 is 1.10 bits per heavy atom. The Balaban J connectivity index is 0.000000212. The van der Waals surface area contributed by atoms with Gasteiger partial charge in [-0.15, -0.1) is 0 Å². The molecule has 4 aromatic carbocycles. The Labute approximate surface area is 288 Å². The normalized spacial score (nSPS) is 10.6. The molecule has 48 heavy (non-hydrogen) atoms. The van der Waals surface area contributed by atoms with E-state index in [9.17, 15) is 20.0 Å². The molecule has 2 heterocycles. The van der Waals surface area contributed by atoms with E-state index in [1.165, 1.54) is 19.2 Å². The van der Waals surface area contributed by atoms with Crippen LogP contribution in [0.4, 0.5) is 0 Å². The molecular formula is C37H29LiN4O6. The standard InChI is InChI=1S/C19H16N2O3.C18H14N2O3.Li/c1-11(2)15-8-12(10-20)9-16-17(15)24-18(21-16)13-4-6-14(7-5-13)19(22)23-3;1-10(2)14-7-11(9-19)8-15-16(14)23-17(20-15)12-3-5-13(6-4-12)18(21)22;/h4-9,11H,1-3H3;3-8,10H,1-2H3,(H,21,22);/q;;+1/p-1. The summed E-state index contributed by atoms with van der Waals surface area (Å²) in [4.78, 5) is 31.2. The van der Waals surface area contributed by atoms with Gasteiger partial charge in [-0.05, 0) is 78.1 Å². The van der Waals surface area contributed by atoms with Crippen molar-refractivity contribution in [1.82, 2.24) is 9.97 Å². The van der Waals surface area contributed by atoms with E-state index < -0.39 is 5.97 Å². The van der Waals surface area contributed by atoms with Crippen molar-refractivity contribution in [1.29, 1.82) is 10.5 Å². The molecule has 6 rings (SSSR count). The topological polar surface area (TPSA) is 166 Å². The van der Waals surface area contributed by atoms with E-state index in [-0.39, 0.29) is 42.2 Å². The van der Waals surface area contributed by atoms with Crippen molar-refractivity contribution in [2.45, 2.75) is 39.5 Å². The van der Waals surface area contributed by atoms with Crippen LogP contribution in [0.1, 0.15) is 82.5 Å². The summed E-state index contributed by atoms with van der Waals surface area (Å²) in [7, 11) is 1.34. The molecule has 0 aliphatic heterocycles. The predicted molar refractivity (Wildman–Crippen MR) is 172 cm³/mol. The zero-order chi connectivity index (χ0) is 33.8. The predicted octanol–water partition coefficient (Wildman–Crippen LogP) is 4.13. The van der Waals surface area contributed by atoms with Gasteiger partial charge in [0, 0.05) is 22.3 Å². The van der Waals surface area contributed by atoms with Gasteiger partial charge in [0.1, 0.15) is 11.0 Å². The van der Waals surface area contributed by atoms with E-state index in [2.05, 4.69) is 26.8 Å². The Morgan fingerprint density at radius 3 is 1.44 bits per heavy atom. The molecule has 0 N–H and O–H groups in total. The molecular weight excluding hydrogens is 603 g/mol. The van der Waals surface area contributed by atoms with Gasteiger partial charge in [-0.2, -0.15) is 10.5 Å². The number of aromatic nitrogens is 2. The molecule has 0 aliphatic carbocycles. The summed E-state index contributed by atoms with van der Waals surface area (Å²) < 4.78 is 16.5. The van der Waals surface area contributed by atoms with Gasteiger partial charge >= 0.3 is 24.8 Å². The van der Waals surface area contributed by atoms with Crippen molar-refractivity contribution in [3.05, 3.63) is 106 Å². The summed E-state index contributed by atoms with van der Waals surface area (Å²) in [6.45, 7) is 8.13. The minimum absolute atomic E-state index is 0. The van der Waals surface area contributed by atoms with E-state index in [0.29, 0.717) is 56.2 Å². The quantitative estimate of drug-likeness (QED) is 0.192. The zero-order valence-electron chi connectivity index (χ0n) is 27.3. The molecule has 0 unspecified atom stereocenters.